The van der Waals surface area contributed by atoms with Gasteiger partial charge in [0.2, 0.25) is 0 Å². The van der Waals surface area contributed by atoms with Crippen molar-refractivity contribution in [1.82, 2.24) is 15.0 Å². The topological polar surface area (TPSA) is 30.7 Å². The smallest absolute Gasteiger partial charge is 0.113 e. The Labute approximate surface area is 116 Å². The minimum atomic E-state index is 0.768. The minimum Gasteiger partial charge on any atom is -0.242 e. The summed E-state index contributed by atoms with van der Waals surface area (Å²) in [5, 5.41) is 8.35. The molecule has 3 nitrogen and oxygen atoms in total. The van der Waals surface area contributed by atoms with Crippen LogP contribution in [-0.4, -0.2) is 15.0 Å². The summed E-state index contributed by atoms with van der Waals surface area (Å²) in [5.74, 6) is 0.768. The number of benzene rings is 2. The second-order valence-corrected chi connectivity index (χ2v) is 5.11. The first kappa shape index (κ1) is 12.0. The molecule has 0 bridgehead atoms. The number of nitrogens with zero attached hydrogens (tertiary/aromatic N) is 3. The van der Waals surface area contributed by atoms with Crippen LogP contribution in [0.4, 0.5) is 0 Å². The van der Waals surface area contributed by atoms with E-state index in [-0.39, 0.29) is 0 Å². The summed E-state index contributed by atoms with van der Waals surface area (Å²) in [6.45, 7) is 0. The van der Waals surface area contributed by atoms with Crippen molar-refractivity contribution in [1.29, 1.82) is 0 Å². The highest BCUT2D eigenvalue weighted by molar-refractivity contribution is 7.98. The molecule has 4 heteroatoms. The SMILES string of the molecule is c1ccc(SCn2cc(-c3ccccc3)nn2)cc1. The Morgan fingerprint density at radius 1 is 0.895 bits per heavy atom. The number of aromatic nitrogens is 3. The zero-order valence-corrected chi connectivity index (χ0v) is 11.1. The lowest BCUT2D eigenvalue weighted by Crippen LogP contribution is -1.94. The molecule has 94 valence electrons. The van der Waals surface area contributed by atoms with Crippen molar-refractivity contribution in [2.24, 2.45) is 0 Å². The van der Waals surface area contributed by atoms with Gasteiger partial charge < -0.3 is 0 Å². The van der Waals surface area contributed by atoms with E-state index in [0.717, 1.165) is 17.1 Å². The molecule has 0 radical (unpaired) electrons. The van der Waals surface area contributed by atoms with Crippen LogP contribution < -0.4 is 0 Å². The first-order valence-corrected chi connectivity index (χ1v) is 7.04. The Hall–Kier alpha value is -2.07. The van der Waals surface area contributed by atoms with Crippen molar-refractivity contribution in [3.05, 3.63) is 66.9 Å². The number of hydrogen-bond acceptors (Lipinski definition) is 3. The molecule has 0 atom stereocenters. The lowest BCUT2D eigenvalue weighted by Gasteiger charge is -2.00. The molecule has 0 fully saturated rings. The number of thioether (sulfide) groups is 1. The van der Waals surface area contributed by atoms with Crippen LogP contribution in [-0.2, 0) is 5.88 Å². The standard InChI is InChI=1S/C15H13N3S/c1-3-7-13(8-4-1)15-11-18(17-16-15)12-19-14-9-5-2-6-10-14/h1-11H,12H2. The van der Waals surface area contributed by atoms with E-state index in [1.165, 1.54) is 4.90 Å². The highest BCUT2D eigenvalue weighted by atomic mass is 32.2. The molecule has 1 aromatic heterocycles. The Kier molecular flexibility index (Phi) is 3.61. The van der Waals surface area contributed by atoms with E-state index in [2.05, 4.69) is 22.4 Å². The van der Waals surface area contributed by atoms with Gasteiger partial charge in [-0.15, -0.1) is 16.9 Å². The van der Waals surface area contributed by atoms with Crippen molar-refractivity contribution in [3.63, 3.8) is 0 Å². The molecule has 0 saturated carbocycles. The molecule has 0 aliphatic rings. The van der Waals surface area contributed by atoms with E-state index < -0.39 is 0 Å². The van der Waals surface area contributed by atoms with Gasteiger partial charge in [0.25, 0.3) is 0 Å². The number of rotatable bonds is 4. The van der Waals surface area contributed by atoms with Gasteiger partial charge in [-0.2, -0.15) is 0 Å². The van der Waals surface area contributed by atoms with Gasteiger partial charge in [-0.25, -0.2) is 4.68 Å². The fraction of sp³-hybridized carbons (Fsp3) is 0.0667. The Morgan fingerprint density at radius 3 is 2.32 bits per heavy atom. The summed E-state index contributed by atoms with van der Waals surface area (Å²) < 4.78 is 1.86. The zero-order chi connectivity index (χ0) is 12.9. The molecule has 0 amide bonds. The Morgan fingerprint density at radius 2 is 1.58 bits per heavy atom. The molecule has 0 unspecified atom stereocenters. The molecule has 0 saturated heterocycles. The predicted molar refractivity (Wildman–Crippen MR) is 77.8 cm³/mol. The molecule has 0 spiro atoms. The van der Waals surface area contributed by atoms with Crippen LogP contribution in [0.3, 0.4) is 0 Å². The maximum Gasteiger partial charge on any atom is 0.113 e. The van der Waals surface area contributed by atoms with Crippen LogP contribution in [0.5, 0.6) is 0 Å². The molecular weight excluding hydrogens is 254 g/mol. The van der Waals surface area contributed by atoms with Crippen LogP contribution in [0, 0.1) is 0 Å². The summed E-state index contributed by atoms with van der Waals surface area (Å²) in [4.78, 5) is 1.24. The van der Waals surface area contributed by atoms with Gasteiger partial charge in [0.1, 0.15) is 5.69 Å². The second-order valence-electron chi connectivity index (χ2n) is 4.10. The molecule has 2 aromatic carbocycles. The van der Waals surface area contributed by atoms with E-state index in [0.29, 0.717) is 0 Å². The first-order valence-electron chi connectivity index (χ1n) is 6.05. The van der Waals surface area contributed by atoms with Gasteiger partial charge in [-0.1, -0.05) is 53.7 Å². The summed E-state index contributed by atoms with van der Waals surface area (Å²) in [6.07, 6.45) is 1.98. The molecule has 3 aromatic rings. The van der Waals surface area contributed by atoms with Crippen molar-refractivity contribution in [2.45, 2.75) is 10.8 Å². The van der Waals surface area contributed by atoms with Crippen LogP contribution in [0.1, 0.15) is 0 Å². The van der Waals surface area contributed by atoms with Crippen LogP contribution in [0.2, 0.25) is 0 Å². The van der Waals surface area contributed by atoms with Crippen LogP contribution in [0.25, 0.3) is 11.3 Å². The van der Waals surface area contributed by atoms with Gasteiger partial charge in [-0.05, 0) is 12.1 Å². The van der Waals surface area contributed by atoms with Crippen molar-refractivity contribution < 1.29 is 0 Å². The fourth-order valence-electron chi connectivity index (χ4n) is 1.76. The lowest BCUT2D eigenvalue weighted by molar-refractivity contribution is 0.701. The largest absolute Gasteiger partial charge is 0.242 e. The molecule has 3 rings (SSSR count). The average molecular weight is 267 g/mol. The third kappa shape index (κ3) is 3.03. The predicted octanol–water partition coefficient (Wildman–Crippen LogP) is 3.69. The Balaban J connectivity index is 1.69. The van der Waals surface area contributed by atoms with Gasteiger partial charge >= 0.3 is 0 Å². The molecular formula is C15H13N3S. The van der Waals surface area contributed by atoms with Crippen LogP contribution in [0.15, 0.2) is 71.8 Å². The molecule has 0 aliphatic carbocycles. The lowest BCUT2D eigenvalue weighted by atomic mass is 10.2. The van der Waals surface area contributed by atoms with Gasteiger partial charge in [0.15, 0.2) is 0 Å². The quantitative estimate of drug-likeness (QED) is 0.675. The van der Waals surface area contributed by atoms with E-state index in [1.54, 1.807) is 11.8 Å². The van der Waals surface area contributed by atoms with Gasteiger partial charge in [-0.3, -0.25) is 0 Å². The Bertz CT molecular complexity index is 635. The van der Waals surface area contributed by atoms with Crippen molar-refractivity contribution in [2.75, 3.05) is 0 Å². The average Bonchev–Trinajstić information content (AvgIpc) is 2.96. The van der Waals surface area contributed by atoms with E-state index >= 15 is 0 Å². The molecule has 19 heavy (non-hydrogen) atoms. The highest BCUT2D eigenvalue weighted by Gasteiger charge is 2.03. The third-order valence-electron chi connectivity index (χ3n) is 2.71. The summed E-state index contributed by atoms with van der Waals surface area (Å²) in [7, 11) is 0. The van der Waals surface area contributed by atoms with Crippen LogP contribution >= 0.6 is 11.8 Å². The number of hydrogen-bond donors (Lipinski definition) is 0. The third-order valence-corrected chi connectivity index (χ3v) is 3.71. The minimum absolute atomic E-state index is 0.768. The molecule has 0 aliphatic heterocycles. The second kappa shape index (κ2) is 5.71. The van der Waals surface area contributed by atoms with Crippen molar-refractivity contribution >= 4 is 11.8 Å². The summed E-state index contributed by atoms with van der Waals surface area (Å²) >= 11 is 1.74. The normalized spacial score (nSPS) is 10.5. The summed E-state index contributed by atoms with van der Waals surface area (Å²) in [5.41, 5.74) is 2.01. The van der Waals surface area contributed by atoms with E-state index in [1.807, 2.05) is 59.4 Å². The van der Waals surface area contributed by atoms with E-state index in [4.69, 9.17) is 0 Å². The molecule has 1 heterocycles. The van der Waals surface area contributed by atoms with E-state index in [9.17, 15) is 0 Å². The molecule has 0 N–H and O–H groups in total. The maximum atomic E-state index is 4.20. The first-order chi connectivity index (χ1) is 9.42. The summed E-state index contributed by atoms with van der Waals surface area (Å²) in [6, 6.07) is 20.4. The highest BCUT2D eigenvalue weighted by Crippen LogP contribution is 2.20. The fourth-order valence-corrected chi connectivity index (χ4v) is 2.52. The van der Waals surface area contributed by atoms with Gasteiger partial charge in [0.05, 0.1) is 12.1 Å². The monoisotopic (exact) mass is 267 g/mol. The zero-order valence-electron chi connectivity index (χ0n) is 10.3. The maximum absolute atomic E-state index is 4.20. The van der Waals surface area contributed by atoms with Gasteiger partial charge in [0, 0.05) is 10.5 Å². The van der Waals surface area contributed by atoms with Crippen molar-refractivity contribution in [3.8, 4) is 11.3 Å².